The zero-order valence-corrected chi connectivity index (χ0v) is 12.2. The Morgan fingerprint density at radius 3 is 2.95 bits per heavy atom. The molecule has 2 aliphatic rings. The Morgan fingerprint density at radius 2 is 2.25 bits per heavy atom. The zero-order chi connectivity index (χ0) is 14.3. The van der Waals surface area contributed by atoms with E-state index in [4.69, 9.17) is 20.9 Å². The average molecular weight is 274 g/mol. The normalized spacial score (nSPS) is 20.8. The van der Waals surface area contributed by atoms with Gasteiger partial charge in [-0.15, -0.1) is 0 Å². The fraction of sp³-hybridized carbons (Fsp3) is 0.600. The first-order valence-corrected chi connectivity index (χ1v) is 7.21. The molecule has 0 aromatic carbocycles. The average Bonchev–Trinajstić information content (AvgIpc) is 2.83. The minimum absolute atomic E-state index is 0.101. The number of hydrogen-bond donors (Lipinski definition) is 2. The number of nitrogens with zero attached hydrogens (tertiary/aromatic N) is 2. The molecule has 5 heteroatoms. The van der Waals surface area contributed by atoms with Gasteiger partial charge in [-0.25, -0.2) is 4.98 Å². The number of rotatable bonds is 2. The van der Waals surface area contributed by atoms with Gasteiger partial charge in [-0.2, -0.15) is 0 Å². The molecule has 0 spiro atoms. The van der Waals surface area contributed by atoms with E-state index in [9.17, 15) is 0 Å². The summed E-state index contributed by atoms with van der Waals surface area (Å²) in [6.45, 7) is 6.44. The van der Waals surface area contributed by atoms with Crippen molar-refractivity contribution in [1.29, 1.82) is 5.41 Å². The predicted molar refractivity (Wildman–Crippen MR) is 79.5 cm³/mol. The Kier molecular flexibility index (Phi) is 3.17. The number of morpholine rings is 1. The highest BCUT2D eigenvalue weighted by atomic mass is 16.5. The number of fused-ring (bicyclic) bond motifs is 1. The first kappa shape index (κ1) is 13.4. The van der Waals surface area contributed by atoms with Crippen LogP contribution in [0.25, 0.3) is 0 Å². The van der Waals surface area contributed by atoms with E-state index in [0.29, 0.717) is 13.2 Å². The topological polar surface area (TPSA) is 75.2 Å². The van der Waals surface area contributed by atoms with Gasteiger partial charge in [-0.05, 0) is 44.7 Å². The highest BCUT2D eigenvalue weighted by Gasteiger charge is 2.34. The fourth-order valence-corrected chi connectivity index (χ4v) is 3.12. The summed E-state index contributed by atoms with van der Waals surface area (Å²) in [6, 6.07) is 2.07. The van der Waals surface area contributed by atoms with Crippen molar-refractivity contribution in [2.24, 2.45) is 5.73 Å². The fourth-order valence-electron chi connectivity index (χ4n) is 3.12. The van der Waals surface area contributed by atoms with Crippen LogP contribution in [0.15, 0.2) is 6.07 Å². The summed E-state index contributed by atoms with van der Waals surface area (Å²) in [5.41, 5.74) is 8.86. The molecule has 5 nitrogen and oxygen atoms in total. The largest absolute Gasteiger partial charge is 0.384 e. The lowest BCUT2D eigenvalue weighted by Crippen LogP contribution is -2.54. The number of pyridine rings is 1. The predicted octanol–water partition coefficient (Wildman–Crippen LogP) is 1.47. The third kappa shape index (κ3) is 2.16. The Labute approximate surface area is 119 Å². The Morgan fingerprint density at radius 1 is 1.45 bits per heavy atom. The lowest BCUT2D eigenvalue weighted by atomic mass is 10.0. The molecule has 1 aromatic heterocycles. The number of anilines is 1. The Balaban J connectivity index is 2.09. The summed E-state index contributed by atoms with van der Waals surface area (Å²) in [6.07, 6.45) is 3.23. The van der Waals surface area contributed by atoms with Crippen LogP contribution in [0.2, 0.25) is 0 Å². The molecule has 20 heavy (non-hydrogen) atoms. The summed E-state index contributed by atoms with van der Waals surface area (Å²) < 4.78 is 5.58. The molecule has 1 aliphatic heterocycles. The van der Waals surface area contributed by atoms with E-state index in [1.807, 2.05) is 0 Å². The van der Waals surface area contributed by atoms with Gasteiger partial charge in [-0.1, -0.05) is 0 Å². The van der Waals surface area contributed by atoms with Gasteiger partial charge in [0.1, 0.15) is 11.7 Å². The summed E-state index contributed by atoms with van der Waals surface area (Å²) in [4.78, 5) is 7.09. The molecular formula is C15H22N4O. The van der Waals surface area contributed by atoms with E-state index in [1.54, 1.807) is 0 Å². The smallest absolute Gasteiger partial charge is 0.140 e. The number of nitrogens with one attached hydrogen (secondary N) is 1. The van der Waals surface area contributed by atoms with Crippen LogP contribution >= 0.6 is 0 Å². The van der Waals surface area contributed by atoms with Crippen molar-refractivity contribution in [2.45, 2.75) is 38.6 Å². The van der Waals surface area contributed by atoms with Crippen molar-refractivity contribution in [3.05, 3.63) is 22.9 Å². The van der Waals surface area contributed by atoms with Gasteiger partial charge in [0.15, 0.2) is 0 Å². The van der Waals surface area contributed by atoms with Crippen LogP contribution in [0.1, 0.15) is 37.1 Å². The highest BCUT2D eigenvalue weighted by Crippen LogP contribution is 2.32. The first-order valence-electron chi connectivity index (χ1n) is 7.21. The number of nitrogen functional groups attached to an aromatic ring is 1. The van der Waals surface area contributed by atoms with Crippen LogP contribution in [0.4, 0.5) is 5.82 Å². The molecule has 1 aliphatic carbocycles. The second-order valence-electron chi connectivity index (χ2n) is 6.25. The van der Waals surface area contributed by atoms with Crippen LogP contribution < -0.4 is 10.6 Å². The van der Waals surface area contributed by atoms with Crippen molar-refractivity contribution in [1.82, 2.24) is 4.98 Å². The van der Waals surface area contributed by atoms with E-state index < -0.39 is 0 Å². The van der Waals surface area contributed by atoms with Crippen molar-refractivity contribution in [2.75, 3.05) is 24.7 Å². The second-order valence-corrected chi connectivity index (χ2v) is 6.25. The molecule has 1 saturated heterocycles. The number of hydrogen-bond acceptors (Lipinski definition) is 4. The van der Waals surface area contributed by atoms with Crippen molar-refractivity contribution in [3.8, 4) is 0 Å². The van der Waals surface area contributed by atoms with E-state index in [0.717, 1.165) is 37.2 Å². The van der Waals surface area contributed by atoms with Crippen LogP contribution in [0.3, 0.4) is 0 Å². The van der Waals surface area contributed by atoms with Gasteiger partial charge in [-0.3, -0.25) is 5.41 Å². The molecule has 108 valence electrons. The number of aryl methyl sites for hydroxylation is 2. The molecule has 1 aromatic rings. The van der Waals surface area contributed by atoms with E-state index in [-0.39, 0.29) is 11.4 Å². The van der Waals surface area contributed by atoms with E-state index in [2.05, 4.69) is 24.8 Å². The highest BCUT2D eigenvalue weighted by molar-refractivity contribution is 6.00. The quantitative estimate of drug-likeness (QED) is 0.632. The third-order valence-corrected chi connectivity index (χ3v) is 4.22. The summed E-state index contributed by atoms with van der Waals surface area (Å²) in [7, 11) is 0. The number of nitrogens with two attached hydrogens (primary N) is 1. The molecule has 2 heterocycles. The monoisotopic (exact) mass is 274 g/mol. The number of amidine groups is 1. The molecule has 1 fully saturated rings. The summed E-state index contributed by atoms with van der Waals surface area (Å²) in [5.74, 6) is 0.955. The van der Waals surface area contributed by atoms with Crippen LogP contribution in [-0.2, 0) is 17.6 Å². The van der Waals surface area contributed by atoms with E-state index in [1.165, 1.54) is 11.3 Å². The van der Waals surface area contributed by atoms with Crippen LogP contribution in [0, 0.1) is 5.41 Å². The minimum atomic E-state index is -0.123. The van der Waals surface area contributed by atoms with Crippen molar-refractivity contribution in [3.63, 3.8) is 0 Å². The number of aromatic nitrogens is 1. The van der Waals surface area contributed by atoms with Gasteiger partial charge in [0.25, 0.3) is 0 Å². The van der Waals surface area contributed by atoms with Crippen molar-refractivity contribution < 1.29 is 4.74 Å². The van der Waals surface area contributed by atoms with Gasteiger partial charge in [0.2, 0.25) is 0 Å². The van der Waals surface area contributed by atoms with Gasteiger partial charge in [0.05, 0.1) is 24.3 Å². The third-order valence-electron chi connectivity index (χ3n) is 4.22. The molecule has 0 atom stereocenters. The second kappa shape index (κ2) is 4.74. The van der Waals surface area contributed by atoms with Crippen molar-refractivity contribution >= 4 is 11.7 Å². The molecule has 0 radical (unpaired) electrons. The lowest BCUT2D eigenvalue weighted by Gasteiger charge is -2.43. The summed E-state index contributed by atoms with van der Waals surface area (Å²) in [5, 5.41) is 7.87. The molecule has 0 amide bonds. The molecule has 3 rings (SSSR count). The van der Waals surface area contributed by atoms with Gasteiger partial charge < -0.3 is 15.4 Å². The van der Waals surface area contributed by atoms with E-state index >= 15 is 0 Å². The molecule has 0 bridgehead atoms. The summed E-state index contributed by atoms with van der Waals surface area (Å²) >= 11 is 0. The molecule has 3 N–H and O–H groups in total. The number of ether oxygens (including phenoxy) is 1. The minimum Gasteiger partial charge on any atom is -0.384 e. The zero-order valence-electron chi connectivity index (χ0n) is 12.2. The standard InChI is InChI=1S/C15H22N4O/c1-15(2)9-20-7-6-19(15)14-11(13(16)17)8-10-4-3-5-12(10)18-14/h8H,3-7,9H2,1-2H3,(H3,16,17). The SMILES string of the molecule is CC1(C)COCCN1c1nc2c(cc1C(=N)N)CCC2. The van der Waals surface area contributed by atoms with Gasteiger partial charge in [0, 0.05) is 12.2 Å². The maximum atomic E-state index is 7.87. The Hall–Kier alpha value is -1.62. The maximum Gasteiger partial charge on any atom is 0.140 e. The van der Waals surface area contributed by atoms with Gasteiger partial charge >= 0.3 is 0 Å². The molecule has 0 unspecified atom stereocenters. The molecule has 0 saturated carbocycles. The lowest BCUT2D eigenvalue weighted by molar-refractivity contribution is 0.0639. The maximum absolute atomic E-state index is 7.87. The Bertz CT molecular complexity index is 553. The van der Waals surface area contributed by atoms with Crippen LogP contribution in [0.5, 0.6) is 0 Å². The first-order chi connectivity index (χ1) is 9.49. The molecular weight excluding hydrogens is 252 g/mol. The van der Waals surface area contributed by atoms with Crippen LogP contribution in [-0.4, -0.2) is 36.1 Å².